The first kappa shape index (κ1) is 13.9. The standard InChI is InChI=1S/C16H20ClNO2/c1-16(2)12-9-11(3-4-13(12)18-15(16)19)14(17)10-5-7-20-8-6-10/h3-4,9-10,14H,5-8H2,1-2H3,(H,18,19). The van der Waals surface area contributed by atoms with E-state index >= 15 is 0 Å². The summed E-state index contributed by atoms with van der Waals surface area (Å²) in [4.78, 5) is 12.0. The molecule has 1 amide bonds. The van der Waals surface area contributed by atoms with Gasteiger partial charge in [0.25, 0.3) is 0 Å². The van der Waals surface area contributed by atoms with Crippen molar-refractivity contribution >= 4 is 23.2 Å². The lowest BCUT2D eigenvalue weighted by molar-refractivity contribution is -0.119. The van der Waals surface area contributed by atoms with Crippen LogP contribution in [0.5, 0.6) is 0 Å². The molecule has 3 nitrogen and oxygen atoms in total. The molecular weight excluding hydrogens is 274 g/mol. The van der Waals surface area contributed by atoms with Gasteiger partial charge in [-0.3, -0.25) is 4.79 Å². The molecule has 0 aliphatic carbocycles. The lowest BCUT2D eigenvalue weighted by Crippen LogP contribution is -2.27. The van der Waals surface area contributed by atoms with Crippen LogP contribution in [0.2, 0.25) is 0 Å². The Hall–Kier alpha value is -1.06. The molecule has 0 saturated carbocycles. The maximum absolute atomic E-state index is 12.0. The van der Waals surface area contributed by atoms with Crippen molar-refractivity contribution < 1.29 is 9.53 Å². The molecule has 0 radical (unpaired) electrons. The smallest absolute Gasteiger partial charge is 0.234 e. The Balaban J connectivity index is 1.89. The first-order valence-electron chi connectivity index (χ1n) is 7.18. The van der Waals surface area contributed by atoms with Gasteiger partial charge in [0.1, 0.15) is 0 Å². The molecule has 20 heavy (non-hydrogen) atoms. The fourth-order valence-corrected chi connectivity index (χ4v) is 3.43. The van der Waals surface area contributed by atoms with Crippen molar-refractivity contribution in [2.24, 2.45) is 5.92 Å². The van der Waals surface area contributed by atoms with Gasteiger partial charge in [-0.25, -0.2) is 0 Å². The van der Waals surface area contributed by atoms with Gasteiger partial charge in [-0.15, -0.1) is 11.6 Å². The van der Waals surface area contributed by atoms with E-state index in [0.717, 1.165) is 42.9 Å². The number of nitrogens with one attached hydrogen (secondary N) is 1. The van der Waals surface area contributed by atoms with Gasteiger partial charge in [0.05, 0.1) is 10.8 Å². The number of halogens is 1. The fourth-order valence-electron chi connectivity index (χ4n) is 3.04. The van der Waals surface area contributed by atoms with Gasteiger partial charge in [0.2, 0.25) is 5.91 Å². The average Bonchev–Trinajstić information content (AvgIpc) is 2.69. The van der Waals surface area contributed by atoms with Crippen LogP contribution in [0.15, 0.2) is 18.2 Å². The van der Waals surface area contributed by atoms with Gasteiger partial charge in [-0.1, -0.05) is 12.1 Å². The lowest BCUT2D eigenvalue weighted by Gasteiger charge is -2.27. The van der Waals surface area contributed by atoms with Crippen LogP contribution in [-0.2, 0) is 14.9 Å². The third-order valence-electron chi connectivity index (χ3n) is 4.53. The van der Waals surface area contributed by atoms with Crippen LogP contribution < -0.4 is 5.32 Å². The number of rotatable bonds is 2. The van der Waals surface area contributed by atoms with E-state index in [0.29, 0.717) is 5.92 Å². The van der Waals surface area contributed by atoms with Crippen molar-refractivity contribution in [1.82, 2.24) is 0 Å². The van der Waals surface area contributed by atoms with Gasteiger partial charge in [-0.05, 0) is 49.8 Å². The molecule has 1 N–H and O–H groups in total. The van der Waals surface area contributed by atoms with Crippen molar-refractivity contribution in [3.8, 4) is 0 Å². The molecule has 0 spiro atoms. The maximum Gasteiger partial charge on any atom is 0.234 e. The van der Waals surface area contributed by atoms with E-state index < -0.39 is 5.41 Å². The molecule has 1 unspecified atom stereocenters. The van der Waals surface area contributed by atoms with Gasteiger partial charge in [0, 0.05) is 18.9 Å². The number of ether oxygens (including phenoxy) is 1. The summed E-state index contributed by atoms with van der Waals surface area (Å²) in [6, 6.07) is 6.11. The normalized spacial score (nSPS) is 23.2. The van der Waals surface area contributed by atoms with Crippen molar-refractivity contribution in [1.29, 1.82) is 0 Å². The second kappa shape index (κ2) is 5.05. The Bertz CT molecular complexity index is 535. The maximum atomic E-state index is 12.0. The quantitative estimate of drug-likeness (QED) is 0.846. The van der Waals surface area contributed by atoms with E-state index in [4.69, 9.17) is 16.3 Å². The number of benzene rings is 1. The van der Waals surface area contributed by atoms with Crippen molar-refractivity contribution in [2.45, 2.75) is 37.5 Å². The van der Waals surface area contributed by atoms with Crippen LogP contribution in [0.25, 0.3) is 0 Å². The zero-order valence-corrected chi connectivity index (χ0v) is 12.7. The molecule has 4 heteroatoms. The SMILES string of the molecule is CC1(C)C(=O)Nc2ccc(C(Cl)C3CCOCC3)cc21. The topological polar surface area (TPSA) is 38.3 Å². The minimum Gasteiger partial charge on any atom is -0.381 e. The summed E-state index contributed by atoms with van der Waals surface area (Å²) >= 11 is 6.66. The van der Waals surface area contributed by atoms with Crippen molar-refractivity contribution in [3.05, 3.63) is 29.3 Å². The molecule has 108 valence electrons. The summed E-state index contributed by atoms with van der Waals surface area (Å²) in [5.74, 6) is 0.512. The minimum absolute atomic E-state index is 0.00398. The number of alkyl halides is 1. The van der Waals surface area contributed by atoms with Crippen LogP contribution in [0.4, 0.5) is 5.69 Å². The van der Waals surface area contributed by atoms with Crippen LogP contribution in [0.3, 0.4) is 0 Å². The second-order valence-corrected chi connectivity index (χ2v) is 6.71. The summed E-state index contributed by atoms with van der Waals surface area (Å²) in [6.07, 6.45) is 2.01. The molecule has 1 atom stereocenters. The van der Waals surface area contributed by atoms with E-state index in [-0.39, 0.29) is 11.3 Å². The highest BCUT2D eigenvalue weighted by Crippen LogP contribution is 2.42. The Morgan fingerprint density at radius 2 is 2.05 bits per heavy atom. The number of carbonyl (C=O) groups excluding carboxylic acids is 1. The van der Waals surface area contributed by atoms with Crippen molar-refractivity contribution in [2.75, 3.05) is 18.5 Å². The molecule has 2 heterocycles. The van der Waals surface area contributed by atoms with Crippen LogP contribution in [-0.4, -0.2) is 19.1 Å². The molecule has 0 bridgehead atoms. The largest absolute Gasteiger partial charge is 0.381 e. The Morgan fingerprint density at radius 3 is 2.75 bits per heavy atom. The highest BCUT2D eigenvalue weighted by molar-refractivity contribution is 6.21. The first-order valence-corrected chi connectivity index (χ1v) is 7.61. The first-order chi connectivity index (χ1) is 9.50. The monoisotopic (exact) mass is 293 g/mol. The molecule has 1 fully saturated rings. The zero-order chi connectivity index (χ0) is 14.3. The van der Waals surface area contributed by atoms with Gasteiger partial charge in [0.15, 0.2) is 0 Å². The van der Waals surface area contributed by atoms with E-state index in [9.17, 15) is 4.79 Å². The minimum atomic E-state index is -0.475. The lowest BCUT2D eigenvalue weighted by atomic mass is 9.83. The fraction of sp³-hybridized carbons (Fsp3) is 0.562. The molecule has 0 aromatic heterocycles. The summed E-state index contributed by atoms with van der Waals surface area (Å²) in [6.45, 7) is 5.50. The molecule has 3 rings (SSSR count). The third-order valence-corrected chi connectivity index (χ3v) is 5.14. The molecular formula is C16H20ClNO2. The molecule has 1 saturated heterocycles. The zero-order valence-electron chi connectivity index (χ0n) is 11.9. The van der Waals surface area contributed by atoms with Gasteiger partial charge in [-0.2, -0.15) is 0 Å². The van der Waals surface area contributed by atoms with Gasteiger partial charge < -0.3 is 10.1 Å². The predicted octanol–water partition coefficient (Wildman–Crippen LogP) is 3.62. The van der Waals surface area contributed by atoms with E-state index in [1.165, 1.54) is 0 Å². The number of amides is 1. The van der Waals surface area contributed by atoms with E-state index in [1.807, 2.05) is 26.0 Å². The molecule has 1 aromatic rings. The number of fused-ring (bicyclic) bond motifs is 1. The van der Waals surface area contributed by atoms with E-state index in [2.05, 4.69) is 11.4 Å². The Kier molecular flexibility index (Phi) is 3.51. The van der Waals surface area contributed by atoms with E-state index in [1.54, 1.807) is 0 Å². The summed E-state index contributed by atoms with van der Waals surface area (Å²) < 4.78 is 5.39. The van der Waals surface area contributed by atoms with Crippen LogP contribution >= 0.6 is 11.6 Å². The number of hydrogen-bond donors (Lipinski definition) is 1. The molecule has 1 aromatic carbocycles. The third kappa shape index (κ3) is 2.23. The average molecular weight is 294 g/mol. The highest BCUT2D eigenvalue weighted by atomic mass is 35.5. The summed E-state index contributed by atoms with van der Waals surface area (Å²) in [5.41, 5.74) is 2.61. The van der Waals surface area contributed by atoms with Crippen LogP contribution in [0, 0.1) is 5.92 Å². The Labute approximate surface area is 124 Å². The molecule has 2 aliphatic rings. The van der Waals surface area contributed by atoms with Crippen molar-refractivity contribution in [3.63, 3.8) is 0 Å². The predicted molar refractivity (Wildman–Crippen MR) is 80.2 cm³/mol. The van der Waals surface area contributed by atoms with Crippen LogP contribution in [0.1, 0.15) is 43.2 Å². The van der Waals surface area contributed by atoms with Gasteiger partial charge >= 0.3 is 0 Å². The highest BCUT2D eigenvalue weighted by Gasteiger charge is 2.38. The molecule has 2 aliphatic heterocycles. The number of anilines is 1. The summed E-state index contributed by atoms with van der Waals surface area (Å²) in [5, 5.41) is 2.93. The number of hydrogen-bond acceptors (Lipinski definition) is 2. The second-order valence-electron chi connectivity index (χ2n) is 6.24. The number of carbonyl (C=O) groups is 1. The Morgan fingerprint density at radius 1 is 1.35 bits per heavy atom. The summed E-state index contributed by atoms with van der Waals surface area (Å²) in [7, 11) is 0.